The summed E-state index contributed by atoms with van der Waals surface area (Å²) in [6.07, 6.45) is 2.23. The second-order valence-corrected chi connectivity index (χ2v) is 4.95. The lowest BCUT2D eigenvalue weighted by Crippen LogP contribution is -2.50. The smallest absolute Gasteiger partial charge is 0.119 e. The predicted molar refractivity (Wildman–Crippen MR) is 70.2 cm³/mol. The van der Waals surface area contributed by atoms with E-state index in [1.54, 1.807) is 0 Å². The zero-order valence-electron chi connectivity index (χ0n) is 10.8. The highest BCUT2D eigenvalue weighted by Gasteiger charge is 2.31. The fourth-order valence-electron chi connectivity index (χ4n) is 2.59. The molecule has 0 spiro atoms. The summed E-state index contributed by atoms with van der Waals surface area (Å²) in [5, 5.41) is 0. The van der Waals surface area contributed by atoms with Crippen LogP contribution in [0.1, 0.15) is 25.3 Å². The molecule has 94 valence electrons. The second kappa shape index (κ2) is 5.07. The zero-order chi connectivity index (χ0) is 12.3. The van der Waals surface area contributed by atoms with Crippen molar-refractivity contribution < 1.29 is 4.74 Å². The number of likely N-dealkylation sites (N-methyl/N-ethyl adjacent to an activating group) is 1. The topological polar surface area (TPSA) is 38.5 Å². The molecule has 17 heavy (non-hydrogen) atoms. The summed E-state index contributed by atoms with van der Waals surface area (Å²) >= 11 is 0. The molecular formula is C14H22N2O. The SMILES string of the molecule is CCOc1ccc(C2(N)CCCN(C)C2)cc1. The molecule has 0 radical (unpaired) electrons. The van der Waals surface area contributed by atoms with Crippen LogP contribution >= 0.6 is 0 Å². The van der Waals surface area contributed by atoms with Crippen LogP contribution in [0.15, 0.2) is 24.3 Å². The van der Waals surface area contributed by atoms with Crippen LogP contribution < -0.4 is 10.5 Å². The number of benzene rings is 1. The van der Waals surface area contributed by atoms with Gasteiger partial charge in [0, 0.05) is 6.54 Å². The maximum absolute atomic E-state index is 6.51. The van der Waals surface area contributed by atoms with Crippen LogP contribution in [0.3, 0.4) is 0 Å². The van der Waals surface area contributed by atoms with E-state index in [4.69, 9.17) is 10.5 Å². The van der Waals surface area contributed by atoms with E-state index in [2.05, 4.69) is 24.1 Å². The van der Waals surface area contributed by atoms with Crippen LogP contribution in [0.2, 0.25) is 0 Å². The highest BCUT2D eigenvalue weighted by Crippen LogP contribution is 2.29. The Morgan fingerprint density at radius 1 is 1.35 bits per heavy atom. The van der Waals surface area contributed by atoms with Crippen molar-refractivity contribution in [3.8, 4) is 5.75 Å². The fourth-order valence-corrected chi connectivity index (χ4v) is 2.59. The summed E-state index contributed by atoms with van der Waals surface area (Å²) < 4.78 is 5.45. The molecule has 0 saturated carbocycles. The molecule has 1 aromatic rings. The zero-order valence-corrected chi connectivity index (χ0v) is 10.8. The first-order chi connectivity index (χ1) is 8.14. The van der Waals surface area contributed by atoms with Crippen LogP contribution in [0.25, 0.3) is 0 Å². The number of nitrogens with zero attached hydrogens (tertiary/aromatic N) is 1. The van der Waals surface area contributed by atoms with Gasteiger partial charge in [0.1, 0.15) is 5.75 Å². The largest absolute Gasteiger partial charge is 0.494 e. The Labute approximate surface area is 104 Å². The molecule has 1 heterocycles. The monoisotopic (exact) mass is 234 g/mol. The van der Waals surface area contributed by atoms with Gasteiger partial charge in [-0.05, 0) is 51.1 Å². The highest BCUT2D eigenvalue weighted by molar-refractivity contribution is 5.32. The molecule has 2 N–H and O–H groups in total. The van der Waals surface area contributed by atoms with Crippen LogP contribution in [0, 0.1) is 0 Å². The third-order valence-electron chi connectivity index (χ3n) is 3.46. The van der Waals surface area contributed by atoms with Crippen LogP contribution in [0.5, 0.6) is 5.75 Å². The number of piperidine rings is 1. The maximum Gasteiger partial charge on any atom is 0.119 e. The molecule has 0 aromatic heterocycles. The van der Waals surface area contributed by atoms with Gasteiger partial charge in [0.2, 0.25) is 0 Å². The van der Waals surface area contributed by atoms with E-state index in [9.17, 15) is 0 Å². The van der Waals surface area contributed by atoms with Crippen molar-refractivity contribution in [2.75, 3.05) is 26.7 Å². The molecule has 1 aliphatic heterocycles. The number of hydrogen-bond donors (Lipinski definition) is 1. The van der Waals surface area contributed by atoms with Gasteiger partial charge < -0.3 is 15.4 Å². The van der Waals surface area contributed by atoms with E-state index in [-0.39, 0.29) is 5.54 Å². The van der Waals surface area contributed by atoms with Crippen molar-refractivity contribution >= 4 is 0 Å². The standard InChI is InChI=1S/C14H22N2O/c1-3-17-13-7-5-12(6-8-13)14(15)9-4-10-16(2)11-14/h5-8H,3-4,9-11,15H2,1-2H3. The molecule has 0 bridgehead atoms. The van der Waals surface area contributed by atoms with Gasteiger partial charge in [-0.15, -0.1) is 0 Å². The van der Waals surface area contributed by atoms with Gasteiger partial charge in [-0.2, -0.15) is 0 Å². The van der Waals surface area contributed by atoms with Crippen LogP contribution in [-0.4, -0.2) is 31.6 Å². The predicted octanol–water partition coefficient (Wildman–Crippen LogP) is 1.96. The Morgan fingerprint density at radius 2 is 2.06 bits per heavy atom. The average Bonchev–Trinajstić information content (AvgIpc) is 2.30. The molecule has 1 aromatic carbocycles. The third kappa shape index (κ3) is 2.79. The van der Waals surface area contributed by atoms with Gasteiger partial charge in [0.15, 0.2) is 0 Å². The molecule has 1 unspecified atom stereocenters. The van der Waals surface area contributed by atoms with Gasteiger partial charge in [-0.25, -0.2) is 0 Å². The van der Waals surface area contributed by atoms with Crippen LogP contribution in [0.4, 0.5) is 0 Å². The molecule has 1 aliphatic rings. The number of rotatable bonds is 3. The van der Waals surface area contributed by atoms with Gasteiger partial charge >= 0.3 is 0 Å². The molecule has 1 saturated heterocycles. The van der Waals surface area contributed by atoms with Gasteiger partial charge in [-0.3, -0.25) is 0 Å². The van der Waals surface area contributed by atoms with Crippen LogP contribution in [-0.2, 0) is 5.54 Å². The Kier molecular flexibility index (Phi) is 3.69. The van der Waals surface area contributed by atoms with Crippen molar-refractivity contribution in [3.63, 3.8) is 0 Å². The minimum absolute atomic E-state index is 0.197. The molecule has 0 amide bonds. The van der Waals surface area contributed by atoms with Gasteiger partial charge in [0.25, 0.3) is 0 Å². The van der Waals surface area contributed by atoms with E-state index in [0.717, 1.165) is 25.3 Å². The van der Waals surface area contributed by atoms with Gasteiger partial charge in [-0.1, -0.05) is 12.1 Å². The lowest BCUT2D eigenvalue weighted by atomic mass is 9.83. The van der Waals surface area contributed by atoms with Crippen molar-refractivity contribution in [3.05, 3.63) is 29.8 Å². The average molecular weight is 234 g/mol. The van der Waals surface area contributed by atoms with E-state index < -0.39 is 0 Å². The summed E-state index contributed by atoms with van der Waals surface area (Å²) in [6, 6.07) is 8.23. The molecule has 3 heteroatoms. The maximum atomic E-state index is 6.51. The summed E-state index contributed by atoms with van der Waals surface area (Å²) in [5.41, 5.74) is 7.53. The Hall–Kier alpha value is -1.06. The summed E-state index contributed by atoms with van der Waals surface area (Å²) in [6.45, 7) is 4.78. The van der Waals surface area contributed by atoms with E-state index in [0.29, 0.717) is 6.61 Å². The second-order valence-electron chi connectivity index (χ2n) is 4.95. The Balaban J connectivity index is 2.15. The van der Waals surface area contributed by atoms with E-state index in [1.807, 2.05) is 19.1 Å². The molecule has 2 rings (SSSR count). The molecule has 0 aliphatic carbocycles. The number of nitrogens with two attached hydrogens (primary N) is 1. The Bertz CT molecular complexity index is 363. The van der Waals surface area contributed by atoms with Crippen molar-refractivity contribution in [1.29, 1.82) is 0 Å². The Morgan fingerprint density at radius 3 is 2.65 bits per heavy atom. The lowest BCUT2D eigenvalue weighted by Gasteiger charge is -2.39. The quantitative estimate of drug-likeness (QED) is 0.869. The summed E-state index contributed by atoms with van der Waals surface area (Å²) in [7, 11) is 2.13. The molecule has 1 fully saturated rings. The first kappa shape index (κ1) is 12.4. The highest BCUT2D eigenvalue weighted by atomic mass is 16.5. The minimum Gasteiger partial charge on any atom is -0.494 e. The fraction of sp³-hybridized carbons (Fsp3) is 0.571. The molecular weight excluding hydrogens is 212 g/mol. The van der Waals surface area contributed by atoms with Crippen molar-refractivity contribution in [1.82, 2.24) is 4.90 Å². The van der Waals surface area contributed by atoms with E-state index in [1.165, 1.54) is 12.0 Å². The summed E-state index contributed by atoms with van der Waals surface area (Å²) in [5.74, 6) is 0.920. The van der Waals surface area contributed by atoms with E-state index >= 15 is 0 Å². The normalized spacial score (nSPS) is 25.8. The van der Waals surface area contributed by atoms with Crippen molar-refractivity contribution in [2.24, 2.45) is 5.73 Å². The minimum atomic E-state index is -0.197. The molecule has 1 atom stereocenters. The first-order valence-corrected chi connectivity index (χ1v) is 6.35. The number of ether oxygens (including phenoxy) is 1. The number of hydrogen-bond acceptors (Lipinski definition) is 3. The van der Waals surface area contributed by atoms with Crippen molar-refractivity contribution in [2.45, 2.75) is 25.3 Å². The molecule has 3 nitrogen and oxygen atoms in total. The summed E-state index contributed by atoms with van der Waals surface area (Å²) in [4.78, 5) is 2.31. The number of likely N-dealkylation sites (tertiary alicyclic amines) is 1. The first-order valence-electron chi connectivity index (χ1n) is 6.35. The third-order valence-corrected chi connectivity index (χ3v) is 3.46. The lowest BCUT2D eigenvalue weighted by molar-refractivity contribution is 0.179. The van der Waals surface area contributed by atoms with Gasteiger partial charge in [0.05, 0.1) is 12.1 Å².